The average molecular weight is 529 g/mol. The maximum absolute atomic E-state index is 13.5. The number of nitrogens with zero attached hydrogens (tertiary/aromatic N) is 1. The zero-order valence-corrected chi connectivity index (χ0v) is 22.2. The highest BCUT2D eigenvalue weighted by Gasteiger charge is 2.32. The fraction of sp³-hybridized carbons (Fsp3) is 0.296. The van der Waals surface area contributed by atoms with Gasteiger partial charge in [0.2, 0.25) is 10.0 Å². The van der Waals surface area contributed by atoms with Gasteiger partial charge in [0.05, 0.1) is 10.5 Å². The first-order chi connectivity index (χ1) is 16.7. The third-order valence-corrected chi connectivity index (χ3v) is 9.12. The highest BCUT2D eigenvalue weighted by molar-refractivity contribution is 7.99. The lowest BCUT2D eigenvalue weighted by Crippen LogP contribution is -2.42. The Bertz CT molecular complexity index is 1290. The first kappa shape index (κ1) is 25.8. The Morgan fingerprint density at radius 1 is 1.00 bits per heavy atom. The molecule has 3 aromatic carbocycles. The predicted octanol–water partition coefficient (Wildman–Crippen LogP) is 6.09. The summed E-state index contributed by atoms with van der Waals surface area (Å²) in [5.41, 5.74) is 1.29. The maximum atomic E-state index is 13.5. The predicted molar refractivity (Wildman–Crippen MR) is 141 cm³/mol. The van der Waals surface area contributed by atoms with Crippen LogP contribution in [0.1, 0.15) is 36.2 Å². The molecule has 1 heterocycles. The minimum absolute atomic E-state index is 0.138. The first-order valence-corrected chi connectivity index (χ1v) is 14.3. The molecule has 184 valence electrons. The van der Waals surface area contributed by atoms with Gasteiger partial charge in [0, 0.05) is 34.4 Å². The molecule has 0 aliphatic carbocycles. The van der Waals surface area contributed by atoms with Gasteiger partial charge in [-0.1, -0.05) is 73.6 Å². The number of rotatable bonds is 7. The van der Waals surface area contributed by atoms with Crippen LogP contribution in [0.25, 0.3) is 0 Å². The molecule has 0 saturated carbocycles. The number of benzene rings is 3. The second kappa shape index (κ2) is 11.2. The minimum Gasteiger partial charge on any atom is -0.348 e. The number of hydrogen-bond acceptors (Lipinski definition) is 4. The molecule has 1 fully saturated rings. The molecule has 1 N–H and O–H groups in total. The molecule has 1 aliphatic rings. The van der Waals surface area contributed by atoms with Gasteiger partial charge >= 0.3 is 0 Å². The molecule has 0 unspecified atom stereocenters. The third kappa shape index (κ3) is 6.47. The number of halogens is 1. The first-order valence-electron chi connectivity index (χ1n) is 11.6. The summed E-state index contributed by atoms with van der Waals surface area (Å²) in [5.74, 6) is 0.260. The number of piperidine rings is 1. The van der Waals surface area contributed by atoms with Gasteiger partial charge in [0.15, 0.2) is 0 Å². The van der Waals surface area contributed by atoms with Crippen molar-refractivity contribution in [3.8, 4) is 0 Å². The third-order valence-electron chi connectivity index (χ3n) is 5.99. The number of carbonyl (C=O) groups is 1. The molecule has 8 heteroatoms. The van der Waals surface area contributed by atoms with Crippen LogP contribution in [0, 0.1) is 11.8 Å². The van der Waals surface area contributed by atoms with E-state index in [1.54, 1.807) is 22.5 Å². The van der Waals surface area contributed by atoms with Gasteiger partial charge in [0.1, 0.15) is 0 Å². The Morgan fingerprint density at radius 2 is 1.71 bits per heavy atom. The van der Waals surface area contributed by atoms with Crippen molar-refractivity contribution in [3.05, 3.63) is 88.9 Å². The number of sulfonamides is 1. The molecule has 1 amide bonds. The summed E-state index contributed by atoms with van der Waals surface area (Å²) >= 11 is 7.53. The van der Waals surface area contributed by atoms with E-state index >= 15 is 0 Å². The van der Waals surface area contributed by atoms with Gasteiger partial charge in [0.25, 0.3) is 5.91 Å². The normalized spacial score (nSPS) is 18.8. The van der Waals surface area contributed by atoms with Crippen molar-refractivity contribution in [2.45, 2.75) is 41.5 Å². The van der Waals surface area contributed by atoms with E-state index in [2.05, 4.69) is 19.2 Å². The van der Waals surface area contributed by atoms with Crippen molar-refractivity contribution in [2.24, 2.45) is 11.8 Å². The molecule has 0 spiro atoms. The Morgan fingerprint density at radius 3 is 2.40 bits per heavy atom. The largest absolute Gasteiger partial charge is 0.348 e. The molecule has 5 nitrogen and oxygen atoms in total. The molecular formula is C27H29ClN2O3S2. The summed E-state index contributed by atoms with van der Waals surface area (Å²) in [6, 6.07) is 21.8. The fourth-order valence-electron chi connectivity index (χ4n) is 4.42. The zero-order valence-electron chi connectivity index (χ0n) is 19.8. The average Bonchev–Trinajstić information content (AvgIpc) is 2.83. The van der Waals surface area contributed by atoms with Crippen LogP contribution in [0.3, 0.4) is 0 Å². The molecular weight excluding hydrogens is 500 g/mol. The summed E-state index contributed by atoms with van der Waals surface area (Å²) in [6.45, 7) is 5.47. The molecule has 2 atom stereocenters. The van der Waals surface area contributed by atoms with Crippen molar-refractivity contribution in [2.75, 3.05) is 13.1 Å². The summed E-state index contributed by atoms with van der Waals surface area (Å²) in [6.07, 6.45) is 1.01. The standard InChI is InChI=1S/C27H29ClN2O3S2/c1-19-13-20(2)18-30(17-19)35(32,33)24-11-12-26(34-23-10-6-9-22(28)14-23)25(15-24)27(31)29-16-21-7-4-3-5-8-21/h3-12,14-15,19-20H,13,16-18H2,1-2H3,(H,29,31)/t19-,20-/m1/s1. The molecule has 35 heavy (non-hydrogen) atoms. The monoisotopic (exact) mass is 528 g/mol. The van der Waals surface area contributed by atoms with Crippen LogP contribution in [0.5, 0.6) is 0 Å². The van der Waals surface area contributed by atoms with Crippen molar-refractivity contribution in [3.63, 3.8) is 0 Å². The molecule has 0 radical (unpaired) electrons. The molecule has 1 aliphatic heterocycles. The van der Waals surface area contributed by atoms with Crippen LogP contribution in [-0.2, 0) is 16.6 Å². The zero-order chi connectivity index (χ0) is 25.0. The molecule has 0 bridgehead atoms. The highest BCUT2D eigenvalue weighted by Crippen LogP contribution is 2.34. The van der Waals surface area contributed by atoms with E-state index in [1.807, 2.05) is 48.5 Å². The summed E-state index contributed by atoms with van der Waals surface area (Å²) in [5, 5.41) is 3.53. The van der Waals surface area contributed by atoms with Gasteiger partial charge in [-0.15, -0.1) is 0 Å². The van der Waals surface area contributed by atoms with Gasteiger partial charge in [-0.3, -0.25) is 4.79 Å². The molecule has 0 aromatic heterocycles. The van der Waals surface area contributed by atoms with Crippen LogP contribution in [0.4, 0.5) is 0 Å². The summed E-state index contributed by atoms with van der Waals surface area (Å²) in [4.78, 5) is 15.0. The van der Waals surface area contributed by atoms with E-state index in [1.165, 1.54) is 17.8 Å². The second-order valence-corrected chi connectivity index (χ2v) is 12.6. The molecule has 4 rings (SSSR count). The van der Waals surface area contributed by atoms with Crippen molar-refractivity contribution in [1.29, 1.82) is 0 Å². The van der Waals surface area contributed by atoms with Gasteiger partial charge in [-0.25, -0.2) is 8.42 Å². The topological polar surface area (TPSA) is 66.5 Å². The van der Waals surface area contributed by atoms with Crippen molar-refractivity contribution >= 4 is 39.3 Å². The lowest BCUT2D eigenvalue weighted by Gasteiger charge is -2.34. The summed E-state index contributed by atoms with van der Waals surface area (Å²) < 4.78 is 28.6. The van der Waals surface area contributed by atoms with E-state index in [4.69, 9.17) is 11.6 Å². The van der Waals surface area contributed by atoms with Crippen LogP contribution >= 0.6 is 23.4 Å². The van der Waals surface area contributed by atoms with Gasteiger partial charge < -0.3 is 5.32 Å². The molecule has 3 aromatic rings. The number of amides is 1. The van der Waals surface area contributed by atoms with E-state index in [0.717, 1.165) is 16.9 Å². The number of nitrogens with one attached hydrogen (secondary N) is 1. The van der Waals surface area contributed by atoms with Gasteiger partial charge in [-0.2, -0.15) is 4.31 Å². The number of carbonyl (C=O) groups excluding carboxylic acids is 1. The maximum Gasteiger partial charge on any atom is 0.252 e. The van der Waals surface area contributed by atoms with Crippen molar-refractivity contribution < 1.29 is 13.2 Å². The van der Waals surface area contributed by atoms with E-state index in [9.17, 15) is 13.2 Å². The Balaban J connectivity index is 1.67. The highest BCUT2D eigenvalue weighted by atomic mass is 35.5. The second-order valence-electron chi connectivity index (χ2n) is 9.15. The Kier molecular flexibility index (Phi) is 8.22. The Labute approximate surface area is 216 Å². The van der Waals surface area contributed by atoms with Gasteiger partial charge in [-0.05, 0) is 60.2 Å². The van der Waals surface area contributed by atoms with Crippen LogP contribution in [-0.4, -0.2) is 31.7 Å². The smallest absolute Gasteiger partial charge is 0.252 e. The fourth-order valence-corrected chi connectivity index (χ4v) is 7.36. The van der Waals surface area contributed by atoms with Crippen LogP contribution in [0.2, 0.25) is 5.02 Å². The van der Waals surface area contributed by atoms with E-state index in [0.29, 0.717) is 47.0 Å². The van der Waals surface area contributed by atoms with E-state index in [-0.39, 0.29) is 10.8 Å². The SMILES string of the molecule is C[C@@H]1C[C@@H](C)CN(S(=O)(=O)c2ccc(Sc3cccc(Cl)c3)c(C(=O)NCc3ccccc3)c2)C1. The lowest BCUT2D eigenvalue weighted by molar-refractivity contribution is 0.0947. The van der Waals surface area contributed by atoms with Crippen LogP contribution in [0.15, 0.2) is 87.5 Å². The minimum atomic E-state index is -3.72. The van der Waals surface area contributed by atoms with Crippen LogP contribution < -0.4 is 5.32 Å². The number of hydrogen-bond donors (Lipinski definition) is 1. The van der Waals surface area contributed by atoms with Crippen molar-refractivity contribution in [1.82, 2.24) is 9.62 Å². The lowest BCUT2D eigenvalue weighted by atomic mass is 9.94. The van der Waals surface area contributed by atoms with E-state index < -0.39 is 10.0 Å². The Hall–Kier alpha value is -2.32. The summed E-state index contributed by atoms with van der Waals surface area (Å²) in [7, 11) is -3.72. The quantitative estimate of drug-likeness (QED) is 0.403. The molecule has 1 saturated heterocycles.